The minimum Gasteiger partial charge on any atom is -0.378 e. The van der Waals surface area contributed by atoms with Gasteiger partial charge in [0.25, 0.3) is 5.56 Å². The van der Waals surface area contributed by atoms with Crippen molar-refractivity contribution in [1.82, 2.24) is 14.7 Å². The highest BCUT2D eigenvalue weighted by atomic mass is 35.5. The molecule has 1 unspecified atom stereocenters. The Balaban J connectivity index is 2.88. The van der Waals surface area contributed by atoms with Crippen LogP contribution >= 0.6 is 11.6 Å². The Bertz CT molecular complexity index is 456. The monoisotopic (exact) mass is 287 g/mol. The van der Waals surface area contributed by atoms with Gasteiger partial charge in [0.05, 0.1) is 18.4 Å². The molecule has 0 spiro atoms. The van der Waals surface area contributed by atoms with Crippen LogP contribution in [0.1, 0.15) is 13.3 Å². The molecular weight excluding hydrogens is 266 g/mol. The second kappa shape index (κ2) is 7.47. The summed E-state index contributed by atoms with van der Waals surface area (Å²) in [5.41, 5.74) is 5.88. The third-order valence-corrected chi connectivity index (χ3v) is 3.25. The molecule has 0 aliphatic carbocycles. The zero-order valence-corrected chi connectivity index (χ0v) is 12.4. The maximum Gasteiger partial charge on any atom is 0.287 e. The van der Waals surface area contributed by atoms with Crippen LogP contribution in [0.15, 0.2) is 11.0 Å². The molecule has 0 amide bonds. The van der Waals surface area contributed by atoms with E-state index in [-0.39, 0.29) is 16.6 Å². The second-order valence-corrected chi connectivity index (χ2v) is 5.07. The van der Waals surface area contributed by atoms with Crippen molar-refractivity contribution in [2.75, 3.05) is 32.5 Å². The van der Waals surface area contributed by atoms with E-state index in [1.165, 1.54) is 4.68 Å². The molecule has 1 heterocycles. The third kappa shape index (κ3) is 4.49. The summed E-state index contributed by atoms with van der Waals surface area (Å²) in [7, 11) is 3.88. The van der Waals surface area contributed by atoms with Crippen LogP contribution in [0.2, 0.25) is 5.02 Å². The SMILES string of the molecule is CCC(CN)Nc1cnn(CCN(C)C)c(=O)c1Cl. The van der Waals surface area contributed by atoms with Gasteiger partial charge < -0.3 is 16.0 Å². The molecule has 1 aromatic heterocycles. The molecule has 108 valence electrons. The van der Waals surface area contributed by atoms with E-state index in [4.69, 9.17) is 17.3 Å². The first-order chi connectivity index (χ1) is 8.99. The minimum atomic E-state index is -0.277. The number of hydrogen-bond acceptors (Lipinski definition) is 5. The number of nitrogens with zero attached hydrogens (tertiary/aromatic N) is 3. The zero-order valence-electron chi connectivity index (χ0n) is 11.7. The summed E-state index contributed by atoms with van der Waals surface area (Å²) in [4.78, 5) is 14.0. The summed E-state index contributed by atoms with van der Waals surface area (Å²) >= 11 is 6.08. The second-order valence-electron chi connectivity index (χ2n) is 4.69. The molecule has 6 nitrogen and oxygen atoms in total. The number of anilines is 1. The molecule has 3 N–H and O–H groups in total. The number of halogens is 1. The molecule has 0 aromatic carbocycles. The average Bonchev–Trinajstić information content (AvgIpc) is 2.39. The maximum absolute atomic E-state index is 12.0. The van der Waals surface area contributed by atoms with Crippen LogP contribution in [0.5, 0.6) is 0 Å². The Morgan fingerprint density at radius 3 is 2.79 bits per heavy atom. The Hall–Kier alpha value is -1.11. The highest BCUT2D eigenvalue weighted by molar-refractivity contribution is 6.32. The zero-order chi connectivity index (χ0) is 14.4. The van der Waals surface area contributed by atoms with E-state index >= 15 is 0 Å². The first-order valence-corrected chi connectivity index (χ1v) is 6.74. The van der Waals surface area contributed by atoms with Gasteiger partial charge in [-0.15, -0.1) is 0 Å². The highest BCUT2D eigenvalue weighted by Crippen LogP contribution is 2.16. The Morgan fingerprint density at radius 1 is 1.58 bits per heavy atom. The van der Waals surface area contributed by atoms with Gasteiger partial charge in [0.15, 0.2) is 0 Å². The van der Waals surface area contributed by atoms with Crippen LogP contribution in [0.25, 0.3) is 0 Å². The maximum atomic E-state index is 12.0. The number of likely N-dealkylation sites (N-methyl/N-ethyl adjacent to an activating group) is 1. The number of nitrogens with two attached hydrogens (primary N) is 1. The number of rotatable bonds is 7. The average molecular weight is 288 g/mol. The topological polar surface area (TPSA) is 76.2 Å². The molecule has 1 aromatic rings. The number of hydrogen-bond donors (Lipinski definition) is 2. The fourth-order valence-corrected chi connectivity index (χ4v) is 1.77. The van der Waals surface area contributed by atoms with Crippen molar-refractivity contribution in [3.63, 3.8) is 0 Å². The largest absolute Gasteiger partial charge is 0.378 e. The molecule has 0 radical (unpaired) electrons. The Kier molecular flexibility index (Phi) is 6.27. The summed E-state index contributed by atoms with van der Waals surface area (Å²) in [5, 5.41) is 7.43. The lowest BCUT2D eigenvalue weighted by Gasteiger charge is -2.17. The van der Waals surface area contributed by atoms with Crippen LogP contribution in [-0.2, 0) is 6.54 Å². The first-order valence-electron chi connectivity index (χ1n) is 6.36. The number of nitrogens with one attached hydrogen (secondary N) is 1. The lowest BCUT2D eigenvalue weighted by atomic mass is 10.2. The summed E-state index contributed by atoms with van der Waals surface area (Å²) in [5.74, 6) is 0. The first kappa shape index (κ1) is 15.9. The minimum absolute atomic E-state index is 0.0938. The van der Waals surface area contributed by atoms with Gasteiger partial charge >= 0.3 is 0 Å². The van der Waals surface area contributed by atoms with Gasteiger partial charge in [-0.2, -0.15) is 5.10 Å². The van der Waals surface area contributed by atoms with E-state index in [2.05, 4.69) is 10.4 Å². The van der Waals surface area contributed by atoms with Crippen molar-refractivity contribution in [3.05, 3.63) is 21.6 Å². The summed E-state index contributed by atoms with van der Waals surface area (Å²) in [6.07, 6.45) is 2.44. The fraction of sp³-hybridized carbons (Fsp3) is 0.667. The van der Waals surface area contributed by atoms with E-state index in [9.17, 15) is 4.79 Å². The van der Waals surface area contributed by atoms with Gasteiger partial charge in [0.2, 0.25) is 0 Å². The van der Waals surface area contributed by atoms with Gasteiger partial charge in [0.1, 0.15) is 5.02 Å². The predicted molar refractivity (Wildman–Crippen MR) is 78.8 cm³/mol. The fourth-order valence-electron chi connectivity index (χ4n) is 1.57. The van der Waals surface area contributed by atoms with E-state index in [1.807, 2.05) is 25.9 Å². The van der Waals surface area contributed by atoms with Crippen LogP contribution in [0.4, 0.5) is 5.69 Å². The predicted octanol–water partition coefficient (Wildman–Crippen LogP) is 0.607. The normalized spacial score (nSPS) is 12.7. The van der Waals surface area contributed by atoms with Crippen LogP contribution < -0.4 is 16.6 Å². The number of aromatic nitrogens is 2. The van der Waals surface area contributed by atoms with Gasteiger partial charge in [0, 0.05) is 19.1 Å². The van der Waals surface area contributed by atoms with Crippen molar-refractivity contribution in [2.45, 2.75) is 25.9 Å². The molecule has 7 heteroatoms. The van der Waals surface area contributed by atoms with Gasteiger partial charge in [-0.25, -0.2) is 4.68 Å². The smallest absolute Gasteiger partial charge is 0.287 e. The third-order valence-electron chi connectivity index (χ3n) is 2.88. The molecule has 0 fully saturated rings. The lowest BCUT2D eigenvalue weighted by molar-refractivity contribution is 0.367. The summed E-state index contributed by atoms with van der Waals surface area (Å²) in [6, 6.07) is 0.0938. The van der Waals surface area contributed by atoms with E-state index in [0.29, 0.717) is 18.8 Å². The van der Waals surface area contributed by atoms with Crippen LogP contribution in [0.3, 0.4) is 0 Å². The Morgan fingerprint density at radius 2 is 2.26 bits per heavy atom. The molecule has 0 bridgehead atoms. The molecule has 1 rings (SSSR count). The van der Waals surface area contributed by atoms with Crippen molar-refractivity contribution >= 4 is 17.3 Å². The van der Waals surface area contributed by atoms with Crippen molar-refractivity contribution in [3.8, 4) is 0 Å². The lowest BCUT2D eigenvalue weighted by Crippen LogP contribution is -2.32. The molecule has 1 atom stereocenters. The van der Waals surface area contributed by atoms with Crippen LogP contribution in [0, 0.1) is 0 Å². The molecule has 0 aliphatic rings. The van der Waals surface area contributed by atoms with Crippen LogP contribution in [-0.4, -0.2) is 47.9 Å². The van der Waals surface area contributed by atoms with E-state index < -0.39 is 0 Å². The van der Waals surface area contributed by atoms with Crippen molar-refractivity contribution < 1.29 is 0 Å². The standard InChI is InChI=1S/C12H22ClN5O/c1-4-9(7-14)16-10-8-15-18(6-5-17(2)3)12(19)11(10)13/h8-9,16H,4-7,14H2,1-3H3. The van der Waals surface area contributed by atoms with Gasteiger partial charge in [-0.1, -0.05) is 18.5 Å². The summed E-state index contributed by atoms with van der Waals surface area (Å²) < 4.78 is 1.37. The molecular formula is C12H22ClN5O. The van der Waals surface area contributed by atoms with Gasteiger partial charge in [-0.3, -0.25) is 4.79 Å². The summed E-state index contributed by atoms with van der Waals surface area (Å²) in [6.45, 7) is 3.75. The molecule has 0 saturated carbocycles. The Labute approximate surface area is 118 Å². The quantitative estimate of drug-likeness (QED) is 0.768. The molecule has 19 heavy (non-hydrogen) atoms. The van der Waals surface area contributed by atoms with Gasteiger partial charge in [-0.05, 0) is 20.5 Å². The van der Waals surface area contributed by atoms with Crippen molar-refractivity contribution in [2.24, 2.45) is 5.73 Å². The van der Waals surface area contributed by atoms with E-state index in [0.717, 1.165) is 13.0 Å². The van der Waals surface area contributed by atoms with E-state index in [1.54, 1.807) is 6.20 Å². The highest BCUT2D eigenvalue weighted by Gasteiger charge is 2.12. The molecule has 0 aliphatic heterocycles. The van der Waals surface area contributed by atoms with Crippen molar-refractivity contribution in [1.29, 1.82) is 0 Å². The molecule has 0 saturated heterocycles.